The van der Waals surface area contributed by atoms with Crippen molar-refractivity contribution in [2.24, 2.45) is 7.05 Å². The molecule has 1 fully saturated rings. The summed E-state index contributed by atoms with van der Waals surface area (Å²) in [6.45, 7) is 8.45. The van der Waals surface area contributed by atoms with Gasteiger partial charge in [0.2, 0.25) is 5.95 Å². The molecule has 0 radical (unpaired) electrons. The highest BCUT2D eigenvalue weighted by Gasteiger charge is 2.20. The van der Waals surface area contributed by atoms with Gasteiger partial charge >= 0.3 is 0 Å². The summed E-state index contributed by atoms with van der Waals surface area (Å²) in [4.78, 5) is 23.8. The zero-order chi connectivity index (χ0) is 26.9. The molecule has 198 valence electrons. The third-order valence-corrected chi connectivity index (χ3v) is 6.88. The molecule has 38 heavy (non-hydrogen) atoms. The van der Waals surface area contributed by atoms with Gasteiger partial charge in [-0.15, -0.1) is 0 Å². The molecular formula is C30H34FN5O2. The van der Waals surface area contributed by atoms with Crippen LogP contribution >= 0.6 is 0 Å². The molecule has 1 N–H and O–H groups in total. The second-order valence-electron chi connectivity index (χ2n) is 11.0. The molecule has 0 unspecified atom stereocenters. The van der Waals surface area contributed by atoms with E-state index in [1.165, 1.54) is 6.07 Å². The summed E-state index contributed by atoms with van der Waals surface area (Å²) in [5.74, 6) is 1.86. The van der Waals surface area contributed by atoms with Gasteiger partial charge in [0, 0.05) is 31.1 Å². The van der Waals surface area contributed by atoms with E-state index in [1.54, 1.807) is 18.3 Å². The Labute approximate surface area is 222 Å². The van der Waals surface area contributed by atoms with Crippen LogP contribution in [0.5, 0.6) is 11.5 Å². The van der Waals surface area contributed by atoms with Gasteiger partial charge in [0.15, 0.2) is 5.78 Å². The largest absolute Gasteiger partial charge is 0.457 e. The number of aryl methyl sites for hydroxylation is 1. The second kappa shape index (κ2) is 10.5. The number of aromatic nitrogens is 3. The molecule has 0 spiro atoms. The van der Waals surface area contributed by atoms with Gasteiger partial charge in [-0.3, -0.25) is 14.7 Å². The van der Waals surface area contributed by atoms with Gasteiger partial charge in [0.05, 0.1) is 29.7 Å². The van der Waals surface area contributed by atoms with Crippen molar-refractivity contribution >= 4 is 28.5 Å². The first-order chi connectivity index (χ1) is 18.2. The number of hydrogen-bond donors (Lipinski definition) is 1. The predicted molar refractivity (Wildman–Crippen MR) is 148 cm³/mol. The lowest BCUT2D eigenvalue weighted by Crippen LogP contribution is -2.27. The molecule has 0 atom stereocenters. The number of ether oxygens (including phenoxy) is 1. The number of ketones is 1. The molecule has 1 aliphatic rings. The summed E-state index contributed by atoms with van der Waals surface area (Å²) < 4.78 is 22.4. The highest BCUT2D eigenvalue weighted by molar-refractivity contribution is 5.83. The van der Waals surface area contributed by atoms with Gasteiger partial charge in [-0.25, -0.2) is 9.37 Å². The molecule has 4 aromatic rings. The van der Waals surface area contributed by atoms with Crippen LogP contribution in [0.3, 0.4) is 0 Å². The Balaban J connectivity index is 1.30. The van der Waals surface area contributed by atoms with Crippen LogP contribution in [0, 0.1) is 5.82 Å². The number of halogens is 1. The first kappa shape index (κ1) is 25.9. The smallest absolute Gasteiger partial charge is 0.208 e. The van der Waals surface area contributed by atoms with Crippen molar-refractivity contribution in [3.8, 4) is 11.5 Å². The maximum Gasteiger partial charge on any atom is 0.208 e. The van der Waals surface area contributed by atoms with Crippen LogP contribution in [-0.2, 0) is 23.7 Å². The number of carbonyl (C=O) groups excluding carboxylic acids is 1. The van der Waals surface area contributed by atoms with Gasteiger partial charge < -0.3 is 14.6 Å². The number of fused-ring (bicyclic) bond motifs is 1. The normalized spacial score (nSPS) is 14.2. The van der Waals surface area contributed by atoms with E-state index in [2.05, 4.69) is 15.2 Å². The Bertz CT molecular complexity index is 1470. The molecule has 7 nitrogen and oxygen atoms in total. The van der Waals surface area contributed by atoms with E-state index in [0.29, 0.717) is 41.7 Å². The molecule has 0 amide bonds. The van der Waals surface area contributed by atoms with Crippen LogP contribution in [0.25, 0.3) is 11.0 Å². The number of benzene rings is 2. The van der Waals surface area contributed by atoms with E-state index in [4.69, 9.17) is 9.72 Å². The Kier molecular flexibility index (Phi) is 7.17. The lowest BCUT2D eigenvalue weighted by Gasteiger charge is -2.21. The van der Waals surface area contributed by atoms with Crippen molar-refractivity contribution in [1.82, 2.24) is 19.4 Å². The first-order valence-electron chi connectivity index (χ1n) is 13.1. The van der Waals surface area contributed by atoms with Crippen molar-refractivity contribution in [2.45, 2.75) is 45.4 Å². The molecule has 0 aliphatic carbocycles. The van der Waals surface area contributed by atoms with Gasteiger partial charge in [-0.2, -0.15) is 0 Å². The van der Waals surface area contributed by atoms with Crippen LogP contribution in [-0.4, -0.2) is 44.9 Å². The standard InChI is InChI=1S/C30H34FN5O2/c1-30(2,3)25-17-20(7-9-26(25)31)33-29-34-27-18-23(8-10-28(27)35(29)4)38-24-11-12-32-21(16-24)15-22(37)19-36-13-5-6-14-36/h7-12,16-18H,5-6,13-15,19H2,1-4H3,(H,33,34). The second-order valence-corrected chi connectivity index (χ2v) is 11.0. The maximum atomic E-state index is 14.4. The minimum absolute atomic E-state index is 0.169. The lowest BCUT2D eigenvalue weighted by atomic mass is 9.86. The third-order valence-electron chi connectivity index (χ3n) is 6.88. The quantitative estimate of drug-likeness (QED) is 0.304. The Morgan fingerprint density at radius 1 is 1.05 bits per heavy atom. The maximum absolute atomic E-state index is 14.4. The summed E-state index contributed by atoms with van der Waals surface area (Å²) >= 11 is 0. The summed E-state index contributed by atoms with van der Waals surface area (Å²) in [7, 11) is 1.93. The fourth-order valence-electron chi connectivity index (χ4n) is 4.86. The van der Waals surface area contributed by atoms with Gasteiger partial charge in [-0.05, 0) is 73.3 Å². The van der Waals surface area contributed by atoms with Crippen LogP contribution in [0.4, 0.5) is 16.0 Å². The summed E-state index contributed by atoms with van der Waals surface area (Å²) in [5, 5.41) is 3.32. The Morgan fingerprint density at radius 2 is 1.82 bits per heavy atom. The van der Waals surface area contributed by atoms with Gasteiger partial charge in [0.25, 0.3) is 0 Å². The average Bonchev–Trinajstić information content (AvgIpc) is 3.47. The van der Waals surface area contributed by atoms with Crippen LogP contribution < -0.4 is 10.1 Å². The minimum Gasteiger partial charge on any atom is -0.457 e. The fraction of sp³-hybridized carbons (Fsp3) is 0.367. The summed E-state index contributed by atoms with van der Waals surface area (Å²) in [5.41, 5.74) is 3.50. The third kappa shape index (κ3) is 5.86. The van der Waals surface area contributed by atoms with E-state index < -0.39 is 0 Å². The lowest BCUT2D eigenvalue weighted by molar-refractivity contribution is -0.119. The molecule has 1 saturated heterocycles. The molecule has 3 heterocycles. The molecule has 8 heteroatoms. The van der Waals surface area contributed by atoms with Crippen molar-refractivity contribution in [1.29, 1.82) is 0 Å². The van der Waals surface area contributed by atoms with Gasteiger partial charge in [-0.1, -0.05) is 20.8 Å². The molecule has 0 saturated carbocycles. The minimum atomic E-state index is -0.311. The van der Waals surface area contributed by atoms with Gasteiger partial charge in [0.1, 0.15) is 17.3 Å². The summed E-state index contributed by atoms with van der Waals surface area (Å²) in [6.07, 6.45) is 4.29. The number of Topliss-reactive ketones (excluding diaryl/α,β-unsaturated/α-hetero) is 1. The number of rotatable bonds is 8. The van der Waals surface area contributed by atoms with E-state index in [0.717, 1.165) is 42.7 Å². The molecular weight excluding hydrogens is 481 g/mol. The van der Waals surface area contributed by atoms with Crippen LogP contribution in [0.1, 0.15) is 44.9 Å². The monoisotopic (exact) mass is 515 g/mol. The number of anilines is 2. The fourth-order valence-corrected chi connectivity index (χ4v) is 4.86. The molecule has 5 rings (SSSR count). The highest BCUT2D eigenvalue weighted by Crippen LogP contribution is 2.31. The first-order valence-corrected chi connectivity index (χ1v) is 13.1. The zero-order valence-corrected chi connectivity index (χ0v) is 22.4. The predicted octanol–water partition coefficient (Wildman–Crippen LogP) is 6.15. The Hall–Kier alpha value is -3.78. The Morgan fingerprint density at radius 3 is 2.58 bits per heavy atom. The number of pyridine rings is 1. The number of likely N-dealkylation sites (tertiary alicyclic amines) is 1. The van der Waals surface area contributed by atoms with E-state index in [-0.39, 0.29) is 17.0 Å². The van der Waals surface area contributed by atoms with E-state index in [1.807, 2.05) is 62.7 Å². The summed E-state index contributed by atoms with van der Waals surface area (Å²) in [6, 6.07) is 14.4. The van der Waals surface area contributed by atoms with E-state index in [9.17, 15) is 9.18 Å². The highest BCUT2D eigenvalue weighted by atomic mass is 19.1. The van der Waals surface area contributed by atoms with Crippen molar-refractivity contribution < 1.29 is 13.9 Å². The molecule has 2 aromatic heterocycles. The average molecular weight is 516 g/mol. The molecule has 0 bridgehead atoms. The van der Waals surface area contributed by atoms with Crippen molar-refractivity contribution in [3.05, 3.63) is 71.8 Å². The number of nitrogens with one attached hydrogen (secondary N) is 1. The van der Waals surface area contributed by atoms with Crippen LogP contribution in [0.2, 0.25) is 0 Å². The topological polar surface area (TPSA) is 72.3 Å². The zero-order valence-electron chi connectivity index (χ0n) is 22.4. The van der Waals surface area contributed by atoms with Crippen molar-refractivity contribution in [3.63, 3.8) is 0 Å². The molecule has 2 aromatic carbocycles. The van der Waals surface area contributed by atoms with E-state index >= 15 is 0 Å². The number of carbonyl (C=O) groups is 1. The number of hydrogen-bond acceptors (Lipinski definition) is 6. The number of nitrogens with zero attached hydrogens (tertiary/aromatic N) is 4. The molecule has 1 aliphatic heterocycles. The van der Waals surface area contributed by atoms with Crippen molar-refractivity contribution in [2.75, 3.05) is 25.0 Å². The SMILES string of the molecule is Cn1c(Nc2ccc(F)c(C(C)(C)C)c2)nc2cc(Oc3ccnc(CC(=O)CN4CCCC4)c3)ccc21. The van der Waals surface area contributed by atoms with Crippen LogP contribution in [0.15, 0.2) is 54.7 Å². The number of imidazole rings is 1.